The number of pyridine rings is 1. The van der Waals surface area contributed by atoms with Gasteiger partial charge in [0.05, 0.1) is 11.9 Å². The number of hydrogen-bond donors (Lipinski definition) is 1. The first-order valence-corrected chi connectivity index (χ1v) is 7.87. The molecule has 1 aliphatic rings. The van der Waals surface area contributed by atoms with E-state index in [0.29, 0.717) is 0 Å². The Balaban J connectivity index is 1.77. The number of anilines is 2. The van der Waals surface area contributed by atoms with E-state index in [4.69, 9.17) is 5.73 Å². The Labute approximate surface area is 114 Å². The molecule has 0 atom stereocenters. The van der Waals surface area contributed by atoms with Crippen LogP contribution in [-0.4, -0.2) is 54.6 Å². The molecule has 5 heteroatoms. The van der Waals surface area contributed by atoms with E-state index < -0.39 is 0 Å². The second-order valence-electron chi connectivity index (χ2n) is 4.62. The highest BCUT2D eigenvalue weighted by Gasteiger charge is 2.17. The van der Waals surface area contributed by atoms with Gasteiger partial charge < -0.3 is 10.6 Å². The van der Waals surface area contributed by atoms with Crippen molar-refractivity contribution in [2.24, 2.45) is 0 Å². The third kappa shape index (κ3) is 3.78. The van der Waals surface area contributed by atoms with Gasteiger partial charge in [-0.1, -0.05) is 0 Å². The summed E-state index contributed by atoms with van der Waals surface area (Å²) in [5, 5.41) is 0. The van der Waals surface area contributed by atoms with Crippen LogP contribution in [0.4, 0.5) is 11.5 Å². The van der Waals surface area contributed by atoms with Crippen LogP contribution in [0.5, 0.6) is 0 Å². The summed E-state index contributed by atoms with van der Waals surface area (Å²) < 4.78 is 0. The van der Waals surface area contributed by atoms with E-state index in [0.717, 1.165) is 37.7 Å². The van der Waals surface area contributed by atoms with E-state index in [-0.39, 0.29) is 0 Å². The zero-order valence-corrected chi connectivity index (χ0v) is 11.8. The van der Waals surface area contributed by atoms with Crippen molar-refractivity contribution in [2.45, 2.75) is 6.42 Å². The molecule has 2 N–H and O–H groups in total. The van der Waals surface area contributed by atoms with Crippen LogP contribution in [0.1, 0.15) is 6.42 Å². The standard InChI is InChI=1S/C13H22N4S/c1-18-10-2-5-16-6-8-17(9-7-16)13-4-3-12(14)11-15-13/h3-4,11H,2,5-10,14H2,1H3. The van der Waals surface area contributed by atoms with Crippen LogP contribution in [0.2, 0.25) is 0 Å². The summed E-state index contributed by atoms with van der Waals surface area (Å²) in [5.74, 6) is 2.31. The fraction of sp³-hybridized carbons (Fsp3) is 0.615. The van der Waals surface area contributed by atoms with Crippen molar-refractivity contribution in [3.8, 4) is 0 Å². The lowest BCUT2D eigenvalue weighted by molar-refractivity contribution is 0.258. The number of nitrogen functional groups attached to an aromatic ring is 1. The van der Waals surface area contributed by atoms with Crippen molar-refractivity contribution in [2.75, 3.05) is 55.4 Å². The van der Waals surface area contributed by atoms with Gasteiger partial charge in [-0.25, -0.2) is 4.98 Å². The molecule has 0 aliphatic carbocycles. The second-order valence-corrected chi connectivity index (χ2v) is 5.61. The summed E-state index contributed by atoms with van der Waals surface area (Å²) in [7, 11) is 0. The van der Waals surface area contributed by atoms with Crippen LogP contribution in [0.15, 0.2) is 18.3 Å². The van der Waals surface area contributed by atoms with Gasteiger partial charge in [0.1, 0.15) is 5.82 Å². The Hall–Kier alpha value is -0.940. The molecule has 0 radical (unpaired) electrons. The average Bonchev–Trinajstić information content (AvgIpc) is 2.41. The fourth-order valence-corrected chi connectivity index (χ4v) is 2.64. The van der Waals surface area contributed by atoms with Crippen molar-refractivity contribution in [1.82, 2.24) is 9.88 Å². The highest BCUT2D eigenvalue weighted by Crippen LogP contribution is 2.14. The smallest absolute Gasteiger partial charge is 0.128 e. The molecule has 1 aliphatic heterocycles. The minimum Gasteiger partial charge on any atom is -0.397 e. The Morgan fingerprint density at radius 1 is 1.28 bits per heavy atom. The zero-order chi connectivity index (χ0) is 12.8. The Morgan fingerprint density at radius 2 is 2.06 bits per heavy atom. The van der Waals surface area contributed by atoms with E-state index >= 15 is 0 Å². The first kappa shape index (κ1) is 13.5. The molecule has 0 aromatic carbocycles. The molecule has 2 heterocycles. The Kier molecular flexibility index (Phi) is 5.13. The number of nitrogens with two attached hydrogens (primary N) is 1. The highest BCUT2D eigenvalue weighted by molar-refractivity contribution is 7.98. The molecule has 0 spiro atoms. The number of nitrogens with zero attached hydrogens (tertiary/aromatic N) is 3. The van der Waals surface area contributed by atoms with Gasteiger partial charge in [-0.05, 0) is 37.1 Å². The molecule has 1 aromatic rings. The Bertz CT molecular complexity index is 347. The largest absolute Gasteiger partial charge is 0.397 e. The summed E-state index contributed by atoms with van der Waals surface area (Å²) in [6, 6.07) is 3.94. The fourth-order valence-electron chi connectivity index (χ4n) is 2.22. The molecule has 1 saturated heterocycles. The van der Waals surface area contributed by atoms with Gasteiger partial charge in [0.15, 0.2) is 0 Å². The highest BCUT2D eigenvalue weighted by atomic mass is 32.2. The molecule has 100 valence electrons. The number of thioether (sulfide) groups is 1. The Morgan fingerprint density at radius 3 is 2.67 bits per heavy atom. The summed E-state index contributed by atoms with van der Waals surface area (Å²) in [6.45, 7) is 5.64. The molecule has 0 amide bonds. The minimum atomic E-state index is 0.731. The maximum Gasteiger partial charge on any atom is 0.128 e. The van der Waals surface area contributed by atoms with Crippen molar-refractivity contribution in [3.63, 3.8) is 0 Å². The zero-order valence-electron chi connectivity index (χ0n) is 11.0. The van der Waals surface area contributed by atoms with Crippen molar-refractivity contribution < 1.29 is 0 Å². The minimum absolute atomic E-state index is 0.731. The quantitative estimate of drug-likeness (QED) is 0.819. The SMILES string of the molecule is CSCCCN1CCN(c2ccc(N)cn2)CC1. The normalized spacial score (nSPS) is 17.1. The molecular weight excluding hydrogens is 244 g/mol. The lowest BCUT2D eigenvalue weighted by Gasteiger charge is -2.35. The van der Waals surface area contributed by atoms with Gasteiger partial charge in [-0.3, -0.25) is 4.90 Å². The first-order chi connectivity index (χ1) is 8.79. The predicted molar refractivity (Wildman–Crippen MR) is 80.3 cm³/mol. The average molecular weight is 266 g/mol. The van der Waals surface area contributed by atoms with E-state index in [9.17, 15) is 0 Å². The molecule has 1 aromatic heterocycles. The summed E-state index contributed by atoms with van der Waals surface area (Å²) >= 11 is 1.93. The van der Waals surface area contributed by atoms with Gasteiger partial charge in [-0.2, -0.15) is 11.8 Å². The maximum atomic E-state index is 5.66. The monoisotopic (exact) mass is 266 g/mol. The lowest BCUT2D eigenvalue weighted by Crippen LogP contribution is -2.47. The van der Waals surface area contributed by atoms with Gasteiger partial charge >= 0.3 is 0 Å². The van der Waals surface area contributed by atoms with Crippen LogP contribution >= 0.6 is 11.8 Å². The molecule has 18 heavy (non-hydrogen) atoms. The van der Waals surface area contributed by atoms with Gasteiger partial charge in [-0.15, -0.1) is 0 Å². The number of aromatic nitrogens is 1. The van der Waals surface area contributed by atoms with Crippen LogP contribution in [-0.2, 0) is 0 Å². The van der Waals surface area contributed by atoms with Gasteiger partial charge in [0.25, 0.3) is 0 Å². The molecule has 4 nitrogen and oxygen atoms in total. The first-order valence-electron chi connectivity index (χ1n) is 6.47. The molecule has 0 saturated carbocycles. The maximum absolute atomic E-state index is 5.66. The molecule has 0 bridgehead atoms. The topological polar surface area (TPSA) is 45.4 Å². The van der Waals surface area contributed by atoms with E-state index in [1.54, 1.807) is 6.20 Å². The number of rotatable bonds is 5. The van der Waals surface area contributed by atoms with E-state index in [2.05, 4.69) is 21.0 Å². The van der Waals surface area contributed by atoms with Crippen molar-refractivity contribution >= 4 is 23.3 Å². The van der Waals surface area contributed by atoms with Gasteiger partial charge in [0.2, 0.25) is 0 Å². The van der Waals surface area contributed by atoms with Crippen LogP contribution in [0.25, 0.3) is 0 Å². The molecule has 2 rings (SSSR count). The lowest BCUT2D eigenvalue weighted by atomic mass is 10.3. The van der Waals surface area contributed by atoms with E-state index in [1.165, 1.54) is 18.7 Å². The van der Waals surface area contributed by atoms with Crippen LogP contribution in [0, 0.1) is 0 Å². The summed E-state index contributed by atoms with van der Waals surface area (Å²) in [6.07, 6.45) is 5.20. The van der Waals surface area contributed by atoms with Crippen LogP contribution < -0.4 is 10.6 Å². The molecular formula is C13H22N4S. The third-order valence-electron chi connectivity index (χ3n) is 3.29. The third-order valence-corrected chi connectivity index (χ3v) is 3.99. The summed E-state index contributed by atoms with van der Waals surface area (Å²) in [5.41, 5.74) is 6.39. The summed E-state index contributed by atoms with van der Waals surface area (Å²) in [4.78, 5) is 9.26. The van der Waals surface area contributed by atoms with Crippen LogP contribution in [0.3, 0.4) is 0 Å². The van der Waals surface area contributed by atoms with Crippen molar-refractivity contribution in [1.29, 1.82) is 0 Å². The van der Waals surface area contributed by atoms with E-state index in [1.807, 2.05) is 23.9 Å². The molecule has 0 unspecified atom stereocenters. The number of hydrogen-bond acceptors (Lipinski definition) is 5. The van der Waals surface area contributed by atoms with Gasteiger partial charge in [0, 0.05) is 26.2 Å². The van der Waals surface area contributed by atoms with Crippen molar-refractivity contribution in [3.05, 3.63) is 18.3 Å². The number of piperazine rings is 1. The predicted octanol–water partition coefficient (Wildman–Crippen LogP) is 1.54. The second kappa shape index (κ2) is 6.85. The molecule has 1 fully saturated rings.